The summed E-state index contributed by atoms with van der Waals surface area (Å²) in [5.74, 6) is 0.153. The Morgan fingerprint density at radius 2 is 2.15 bits per heavy atom. The summed E-state index contributed by atoms with van der Waals surface area (Å²) in [6.07, 6.45) is 3.88. The van der Waals surface area contributed by atoms with E-state index >= 15 is 0 Å². The third-order valence-electron chi connectivity index (χ3n) is 5.72. The van der Waals surface area contributed by atoms with Gasteiger partial charge in [0.1, 0.15) is 17.1 Å². The molecule has 1 saturated carbocycles. The molecule has 0 radical (unpaired) electrons. The number of nitrogens with one attached hydrogen (secondary N) is 2. The molecule has 1 aliphatic carbocycles. The van der Waals surface area contributed by atoms with E-state index in [-0.39, 0.29) is 17.9 Å². The minimum absolute atomic E-state index is 0.0432. The summed E-state index contributed by atoms with van der Waals surface area (Å²) in [6.45, 7) is 3.15. The summed E-state index contributed by atoms with van der Waals surface area (Å²) in [5.41, 5.74) is 0.330. The van der Waals surface area contributed by atoms with Gasteiger partial charge in [-0.2, -0.15) is 0 Å². The van der Waals surface area contributed by atoms with Crippen LogP contribution >= 0.6 is 11.3 Å². The van der Waals surface area contributed by atoms with Gasteiger partial charge in [-0.1, -0.05) is 31.9 Å². The highest BCUT2D eigenvalue weighted by Crippen LogP contribution is 2.37. The predicted molar refractivity (Wildman–Crippen MR) is 101 cm³/mol. The number of amides is 3. The summed E-state index contributed by atoms with van der Waals surface area (Å²) < 4.78 is 1.17. The molecule has 6 nitrogen and oxygen atoms in total. The number of hydrogen-bond donors (Lipinski definition) is 2. The average Bonchev–Trinajstić information content (AvgIpc) is 3.12. The summed E-state index contributed by atoms with van der Waals surface area (Å²) in [7, 11) is 2.00. The van der Waals surface area contributed by atoms with Crippen LogP contribution in [0.3, 0.4) is 0 Å². The van der Waals surface area contributed by atoms with Gasteiger partial charge >= 0.3 is 6.03 Å². The number of carbonyl (C=O) groups excluding carboxylic acids is 2. The van der Waals surface area contributed by atoms with Crippen molar-refractivity contribution >= 4 is 33.5 Å². The minimum atomic E-state index is -0.675. The highest BCUT2D eigenvalue weighted by Gasteiger charge is 2.55. The zero-order valence-corrected chi connectivity index (χ0v) is 16.1. The SMILES string of the molecule is C[C@H]1CCCC[C@@]12NC(=O)N(C[NH+](C)Cc1nc3ccccc3s1)C2=O. The molecule has 3 amide bonds. The topological polar surface area (TPSA) is 66.7 Å². The van der Waals surface area contributed by atoms with Crippen molar-refractivity contribution in [3.8, 4) is 0 Å². The first-order chi connectivity index (χ1) is 12.5. The zero-order chi connectivity index (χ0) is 18.3. The molecular formula is C19H25N4O2S+. The third kappa shape index (κ3) is 2.89. The quantitative estimate of drug-likeness (QED) is 0.803. The molecule has 138 valence electrons. The van der Waals surface area contributed by atoms with Crippen molar-refractivity contribution in [2.24, 2.45) is 5.92 Å². The van der Waals surface area contributed by atoms with Crippen molar-refractivity contribution in [2.45, 2.75) is 44.7 Å². The maximum absolute atomic E-state index is 13.0. The number of carbonyl (C=O) groups is 2. The minimum Gasteiger partial charge on any atom is -0.323 e. The van der Waals surface area contributed by atoms with Gasteiger partial charge in [-0.3, -0.25) is 4.79 Å². The van der Waals surface area contributed by atoms with Crippen LogP contribution in [0, 0.1) is 5.92 Å². The number of fused-ring (bicyclic) bond motifs is 1. The van der Waals surface area contributed by atoms with E-state index < -0.39 is 5.54 Å². The molecule has 1 spiro atoms. The fourth-order valence-corrected chi connectivity index (χ4v) is 5.30. The number of aromatic nitrogens is 1. The summed E-state index contributed by atoms with van der Waals surface area (Å²) in [4.78, 5) is 32.7. The predicted octanol–water partition coefficient (Wildman–Crippen LogP) is 1.77. The standard InChI is InChI=1S/C19H24N4O2S/c1-13-7-5-6-10-19(13)17(24)23(18(25)21-19)12-22(2)11-16-20-14-8-3-4-9-15(14)26-16/h3-4,8-9,13H,5-7,10-12H2,1-2H3,(H,21,25)/p+1/t13-,19+/m0/s1. The molecule has 7 heteroatoms. The Morgan fingerprint density at radius 1 is 1.35 bits per heavy atom. The Morgan fingerprint density at radius 3 is 2.92 bits per heavy atom. The molecule has 2 fully saturated rings. The second-order valence-corrected chi connectivity index (χ2v) is 8.76. The van der Waals surface area contributed by atoms with E-state index in [1.807, 2.05) is 25.2 Å². The van der Waals surface area contributed by atoms with Crippen LogP contribution in [0.2, 0.25) is 0 Å². The lowest BCUT2D eigenvalue weighted by Gasteiger charge is -2.36. The number of rotatable bonds is 4. The van der Waals surface area contributed by atoms with Gasteiger partial charge in [-0.05, 0) is 30.9 Å². The largest absolute Gasteiger partial charge is 0.329 e. The van der Waals surface area contributed by atoms with Crippen LogP contribution in [0.5, 0.6) is 0 Å². The monoisotopic (exact) mass is 373 g/mol. The van der Waals surface area contributed by atoms with E-state index in [1.165, 1.54) is 9.60 Å². The number of hydrogen-bond acceptors (Lipinski definition) is 4. The fourth-order valence-electron chi connectivity index (χ4n) is 4.22. The summed E-state index contributed by atoms with van der Waals surface area (Å²) in [6, 6.07) is 7.83. The number of quaternary nitrogens is 1. The molecule has 1 aromatic heterocycles. The van der Waals surface area contributed by atoms with E-state index in [4.69, 9.17) is 0 Å². The maximum Gasteiger partial charge on any atom is 0.329 e. The molecule has 1 unspecified atom stereocenters. The molecule has 26 heavy (non-hydrogen) atoms. The molecule has 3 atom stereocenters. The highest BCUT2D eigenvalue weighted by molar-refractivity contribution is 7.18. The van der Waals surface area contributed by atoms with Crippen molar-refractivity contribution in [3.05, 3.63) is 29.3 Å². The molecule has 2 aromatic rings. The van der Waals surface area contributed by atoms with Crippen LogP contribution in [-0.4, -0.2) is 41.1 Å². The number of benzene rings is 1. The normalized spacial score (nSPS) is 27.3. The van der Waals surface area contributed by atoms with Crippen LogP contribution in [0.15, 0.2) is 24.3 Å². The Bertz CT molecular complexity index is 818. The Kier molecular flexibility index (Phi) is 4.44. The first kappa shape index (κ1) is 17.4. The third-order valence-corrected chi connectivity index (χ3v) is 6.76. The first-order valence-corrected chi connectivity index (χ1v) is 10.1. The lowest BCUT2D eigenvalue weighted by molar-refractivity contribution is -0.901. The average molecular weight is 374 g/mol. The molecule has 1 saturated heterocycles. The van der Waals surface area contributed by atoms with E-state index in [9.17, 15) is 9.59 Å². The maximum atomic E-state index is 13.0. The van der Waals surface area contributed by atoms with E-state index in [0.29, 0.717) is 13.2 Å². The number of imide groups is 1. The van der Waals surface area contributed by atoms with Crippen LogP contribution in [0.25, 0.3) is 10.2 Å². The van der Waals surface area contributed by atoms with Gasteiger partial charge in [0.15, 0.2) is 6.67 Å². The molecule has 2 N–H and O–H groups in total. The lowest BCUT2D eigenvalue weighted by atomic mass is 9.73. The van der Waals surface area contributed by atoms with Crippen molar-refractivity contribution in [1.82, 2.24) is 15.2 Å². The zero-order valence-electron chi connectivity index (χ0n) is 15.2. The van der Waals surface area contributed by atoms with Gasteiger partial charge in [-0.25, -0.2) is 14.7 Å². The number of nitrogens with zero attached hydrogens (tertiary/aromatic N) is 2. The smallest absolute Gasteiger partial charge is 0.323 e. The van der Waals surface area contributed by atoms with Crippen LogP contribution in [-0.2, 0) is 11.3 Å². The number of para-hydroxylation sites is 1. The number of thiazole rings is 1. The van der Waals surface area contributed by atoms with E-state index in [2.05, 4.69) is 23.3 Å². The van der Waals surface area contributed by atoms with Gasteiger partial charge in [0.05, 0.1) is 17.3 Å². The van der Waals surface area contributed by atoms with E-state index in [0.717, 1.165) is 41.1 Å². The van der Waals surface area contributed by atoms with Crippen LogP contribution in [0.1, 0.15) is 37.6 Å². The second kappa shape index (κ2) is 6.63. The van der Waals surface area contributed by atoms with Crippen molar-refractivity contribution in [3.63, 3.8) is 0 Å². The van der Waals surface area contributed by atoms with Gasteiger partial charge in [0.2, 0.25) is 0 Å². The van der Waals surface area contributed by atoms with Gasteiger partial charge in [0, 0.05) is 0 Å². The van der Waals surface area contributed by atoms with Gasteiger partial charge < -0.3 is 10.2 Å². The molecule has 4 rings (SSSR count). The molecule has 2 aliphatic rings. The first-order valence-electron chi connectivity index (χ1n) is 9.29. The highest BCUT2D eigenvalue weighted by atomic mass is 32.1. The Hall–Kier alpha value is -1.99. The van der Waals surface area contributed by atoms with Gasteiger partial charge in [-0.15, -0.1) is 11.3 Å². The molecular weight excluding hydrogens is 348 g/mol. The van der Waals surface area contributed by atoms with Crippen LogP contribution < -0.4 is 10.2 Å². The van der Waals surface area contributed by atoms with E-state index in [1.54, 1.807) is 11.3 Å². The van der Waals surface area contributed by atoms with Gasteiger partial charge in [0.25, 0.3) is 5.91 Å². The molecule has 2 heterocycles. The van der Waals surface area contributed by atoms with Crippen molar-refractivity contribution < 1.29 is 14.5 Å². The molecule has 0 bridgehead atoms. The Balaban J connectivity index is 1.46. The van der Waals surface area contributed by atoms with Crippen molar-refractivity contribution in [1.29, 1.82) is 0 Å². The molecule has 1 aromatic carbocycles. The molecule has 1 aliphatic heterocycles. The van der Waals surface area contributed by atoms with Crippen molar-refractivity contribution in [2.75, 3.05) is 13.7 Å². The lowest BCUT2D eigenvalue weighted by Crippen LogP contribution is -3.09. The van der Waals surface area contributed by atoms with Crippen LogP contribution in [0.4, 0.5) is 4.79 Å². The number of urea groups is 1. The summed E-state index contributed by atoms with van der Waals surface area (Å²) in [5, 5.41) is 4.05. The second-order valence-electron chi connectivity index (χ2n) is 7.65. The summed E-state index contributed by atoms with van der Waals surface area (Å²) >= 11 is 1.67. The Labute approximate surface area is 157 Å². The fraction of sp³-hybridized carbons (Fsp3) is 0.526.